The zero-order chi connectivity index (χ0) is 15.0. The molecule has 1 aromatic heterocycles. The van der Waals surface area contributed by atoms with Crippen LogP contribution in [0.15, 0.2) is 30.3 Å². The van der Waals surface area contributed by atoms with Gasteiger partial charge in [-0.1, -0.05) is 18.2 Å². The van der Waals surface area contributed by atoms with Crippen molar-refractivity contribution < 1.29 is 0 Å². The molecule has 0 saturated carbocycles. The summed E-state index contributed by atoms with van der Waals surface area (Å²) in [5.74, 6) is 1.99. The van der Waals surface area contributed by atoms with Gasteiger partial charge in [0.25, 0.3) is 0 Å². The molecule has 1 fully saturated rings. The van der Waals surface area contributed by atoms with E-state index in [2.05, 4.69) is 18.7 Å². The minimum atomic E-state index is 0.0827. The highest BCUT2D eigenvalue weighted by Crippen LogP contribution is 2.33. The maximum absolute atomic E-state index is 7.87. The Bertz CT molecular complexity index is 696. The van der Waals surface area contributed by atoms with Crippen LogP contribution in [0.25, 0.3) is 10.9 Å². The second-order valence-corrected chi connectivity index (χ2v) is 7.80. The largest absolute Gasteiger partial charge is 0.384 e. The van der Waals surface area contributed by atoms with Gasteiger partial charge in [-0.05, 0) is 26.0 Å². The summed E-state index contributed by atoms with van der Waals surface area (Å²) in [5, 5.41) is 8.90. The monoisotopic (exact) mass is 300 g/mol. The summed E-state index contributed by atoms with van der Waals surface area (Å²) in [6.07, 6.45) is 0. The van der Waals surface area contributed by atoms with Crippen LogP contribution in [0.4, 0.5) is 5.82 Å². The van der Waals surface area contributed by atoms with Crippen molar-refractivity contribution in [3.8, 4) is 0 Å². The first-order valence-electron chi connectivity index (χ1n) is 7.09. The number of hydrogen-bond donors (Lipinski definition) is 2. The summed E-state index contributed by atoms with van der Waals surface area (Å²) in [5.41, 5.74) is 7.48. The zero-order valence-electron chi connectivity index (χ0n) is 12.4. The summed E-state index contributed by atoms with van der Waals surface area (Å²) in [4.78, 5) is 7.05. The molecular formula is C16H20N4S. The van der Waals surface area contributed by atoms with Crippen LogP contribution in [0, 0.1) is 5.41 Å². The second-order valence-electron chi connectivity index (χ2n) is 6.00. The van der Waals surface area contributed by atoms with Gasteiger partial charge in [0, 0.05) is 29.0 Å². The fourth-order valence-electron chi connectivity index (χ4n) is 2.74. The van der Waals surface area contributed by atoms with Crippen molar-refractivity contribution >= 4 is 34.3 Å². The van der Waals surface area contributed by atoms with Gasteiger partial charge in [-0.3, -0.25) is 5.41 Å². The highest BCUT2D eigenvalue weighted by Gasteiger charge is 2.29. The van der Waals surface area contributed by atoms with Crippen molar-refractivity contribution in [1.29, 1.82) is 5.41 Å². The standard InChI is InChI=1S/C16H20N4S/c1-16(2)10-20(7-8-21-16)15-12(14(17)18)9-11-5-3-4-6-13(11)19-15/h3-6,9H,7-8,10H2,1-2H3,(H3,17,18). The molecule has 5 heteroatoms. The van der Waals surface area contributed by atoms with Gasteiger partial charge in [-0.15, -0.1) is 0 Å². The number of nitrogen functional groups attached to an aromatic ring is 1. The van der Waals surface area contributed by atoms with Crippen molar-refractivity contribution in [2.45, 2.75) is 18.6 Å². The quantitative estimate of drug-likeness (QED) is 0.661. The van der Waals surface area contributed by atoms with Crippen LogP contribution in [-0.2, 0) is 0 Å². The summed E-state index contributed by atoms with van der Waals surface area (Å²) in [6.45, 7) is 6.36. The van der Waals surface area contributed by atoms with Crippen LogP contribution in [0.5, 0.6) is 0 Å². The molecule has 21 heavy (non-hydrogen) atoms. The molecule has 1 aromatic carbocycles. The number of nitrogens with two attached hydrogens (primary N) is 1. The van der Waals surface area contributed by atoms with Gasteiger partial charge in [0.15, 0.2) is 0 Å². The van der Waals surface area contributed by atoms with E-state index in [1.807, 2.05) is 42.1 Å². The maximum atomic E-state index is 7.87. The number of aromatic nitrogens is 1. The predicted molar refractivity (Wildman–Crippen MR) is 91.5 cm³/mol. The van der Waals surface area contributed by atoms with Crippen LogP contribution in [0.2, 0.25) is 0 Å². The van der Waals surface area contributed by atoms with E-state index in [4.69, 9.17) is 16.1 Å². The van der Waals surface area contributed by atoms with Crippen molar-refractivity contribution in [1.82, 2.24) is 4.98 Å². The Hall–Kier alpha value is -1.75. The van der Waals surface area contributed by atoms with Gasteiger partial charge in [0.05, 0.1) is 11.1 Å². The predicted octanol–water partition coefficient (Wildman–Crippen LogP) is 2.85. The van der Waals surface area contributed by atoms with Crippen LogP contribution < -0.4 is 10.6 Å². The molecule has 4 nitrogen and oxygen atoms in total. The number of anilines is 1. The molecule has 1 aliphatic rings. The number of para-hydroxylation sites is 1. The molecular weight excluding hydrogens is 280 g/mol. The number of fused-ring (bicyclic) bond motifs is 1. The van der Waals surface area contributed by atoms with Crippen LogP contribution in [-0.4, -0.2) is 34.4 Å². The van der Waals surface area contributed by atoms with Crippen molar-refractivity contribution in [3.63, 3.8) is 0 Å². The third-order valence-corrected chi connectivity index (χ3v) is 5.02. The Balaban J connectivity index is 2.11. The highest BCUT2D eigenvalue weighted by atomic mass is 32.2. The Morgan fingerprint density at radius 1 is 1.38 bits per heavy atom. The van der Waals surface area contributed by atoms with E-state index in [0.29, 0.717) is 0 Å². The molecule has 0 bridgehead atoms. The Morgan fingerprint density at radius 2 is 2.14 bits per heavy atom. The lowest BCUT2D eigenvalue weighted by atomic mass is 10.1. The molecule has 3 rings (SSSR count). The van der Waals surface area contributed by atoms with Crippen molar-refractivity contribution in [2.24, 2.45) is 5.73 Å². The van der Waals surface area contributed by atoms with Gasteiger partial charge >= 0.3 is 0 Å². The normalized spacial score (nSPS) is 17.9. The van der Waals surface area contributed by atoms with Gasteiger partial charge in [-0.25, -0.2) is 4.98 Å². The molecule has 0 aliphatic carbocycles. The maximum Gasteiger partial charge on any atom is 0.140 e. The first-order valence-corrected chi connectivity index (χ1v) is 8.08. The second kappa shape index (κ2) is 5.22. The summed E-state index contributed by atoms with van der Waals surface area (Å²) >= 11 is 1.98. The Morgan fingerprint density at radius 3 is 2.86 bits per heavy atom. The zero-order valence-corrected chi connectivity index (χ0v) is 13.2. The average molecular weight is 300 g/mol. The number of benzene rings is 1. The van der Waals surface area contributed by atoms with Crippen molar-refractivity contribution in [3.05, 3.63) is 35.9 Å². The molecule has 1 aliphatic heterocycles. The number of pyridine rings is 1. The Kier molecular flexibility index (Phi) is 3.53. The lowest BCUT2D eigenvalue weighted by Crippen LogP contribution is -2.44. The molecule has 0 atom stereocenters. The molecule has 0 unspecified atom stereocenters. The minimum absolute atomic E-state index is 0.0827. The summed E-state index contributed by atoms with van der Waals surface area (Å²) in [7, 11) is 0. The van der Waals surface area contributed by atoms with E-state index >= 15 is 0 Å². The highest BCUT2D eigenvalue weighted by molar-refractivity contribution is 8.00. The van der Waals surface area contributed by atoms with Gasteiger partial charge in [0.1, 0.15) is 11.7 Å². The summed E-state index contributed by atoms with van der Waals surface area (Å²) in [6, 6.07) is 9.96. The summed E-state index contributed by atoms with van der Waals surface area (Å²) < 4.78 is 0.194. The number of nitrogens with zero attached hydrogens (tertiary/aromatic N) is 2. The molecule has 2 heterocycles. The van der Waals surface area contributed by atoms with Crippen LogP contribution in [0.1, 0.15) is 19.4 Å². The molecule has 110 valence electrons. The molecule has 3 N–H and O–H groups in total. The number of nitrogens with one attached hydrogen (secondary N) is 1. The van der Waals surface area contributed by atoms with Crippen LogP contribution >= 0.6 is 11.8 Å². The lowest BCUT2D eigenvalue weighted by molar-refractivity contribution is 0.642. The molecule has 0 amide bonds. The topological polar surface area (TPSA) is 66.0 Å². The number of rotatable bonds is 2. The number of hydrogen-bond acceptors (Lipinski definition) is 4. The SMILES string of the molecule is CC1(C)CN(c2nc3ccccc3cc2C(=N)N)CCS1. The average Bonchev–Trinajstić information content (AvgIpc) is 2.44. The van der Waals surface area contributed by atoms with E-state index in [1.54, 1.807) is 0 Å². The van der Waals surface area contributed by atoms with Crippen molar-refractivity contribution in [2.75, 3.05) is 23.7 Å². The van der Waals surface area contributed by atoms with E-state index in [9.17, 15) is 0 Å². The smallest absolute Gasteiger partial charge is 0.140 e. The molecule has 0 spiro atoms. The lowest BCUT2D eigenvalue weighted by Gasteiger charge is -2.39. The van der Waals surface area contributed by atoms with Gasteiger partial charge in [-0.2, -0.15) is 11.8 Å². The number of amidine groups is 1. The first kappa shape index (κ1) is 14.2. The fraction of sp³-hybridized carbons (Fsp3) is 0.375. The third-order valence-electron chi connectivity index (χ3n) is 3.72. The van der Waals surface area contributed by atoms with E-state index < -0.39 is 0 Å². The van der Waals surface area contributed by atoms with E-state index in [0.717, 1.165) is 41.1 Å². The molecule has 2 aromatic rings. The third kappa shape index (κ3) is 2.83. The molecule has 0 radical (unpaired) electrons. The fourth-order valence-corrected chi connectivity index (χ4v) is 3.85. The van der Waals surface area contributed by atoms with Crippen LogP contribution in [0.3, 0.4) is 0 Å². The van der Waals surface area contributed by atoms with E-state index in [-0.39, 0.29) is 10.6 Å². The van der Waals surface area contributed by atoms with E-state index in [1.165, 1.54) is 0 Å². The molecule has 1 saturated heterocycles. The van der Waals surface area contributed by atoms with Gasteiger partial charge in [0.2, 0.25) is 0 Å². The number of thioether (sulfide) groups is 1. The first-order chi connectivity index (χ1) is 9.96. The minimum Gasteiger partial charge on any atom is -0.384 e. The van der Waals surface area contributed by atoms with Gasteiger partial charge < -0.3 is 10.6 Å². The Labute approximate surface area is 129 Å².